The summed E-state index contributed by atoms with van der Waals surface area (Å²) in [5, 5.41) is 0. The number of benzene rings is 1. The number of nitrogens with two attached hydrogens (primary N) is 1. The molecule has 0 bridgehead atoms. The number of hydrogen-bond acceptors (Lipinski definition) is 3. The van der Waals surface area contributed by atoms with Gasteiger partial charge >= 0.3 is 0 Å². The van der Waals surface area contributed by atoms with E-state index < -0.39 is 16.3 Å². The Morgan fingerprint density at radius 1 is 1.45 bits per heavy atom. The Balaban J connectivity index is 2.78. The molecule has 3 N–H and O–H groups in total. The molecular formula is C13H22FN3O2S. The van der Waals surface area contributed by atoms with Gasteiger partial charge in [-0.05, 0) is 44.0 Å². The summed E-state index contributed by atoms with van der Waals surface area (Å²) in [7, 11) is -2.11. The lowest BCUT2D eigenvalue weighted by Crippen LogP contribution is -2.40. The van der Waals surface area contributed by atoms with Gasteiger partial charge in [-0.2, -0.15) is 17.4 Å². The fourth-order valence-corrected chi connectivity index (χ4v) is 2.83. The normalized spacial score (nSPS) is 13.7. The van der Waals surface area contributed by atoms with Crippen LogP contribution < -0.4 is 10.5 Å². The number of aryl methyl sites for hydroxylation is 1. The lowest BCUT2D eigenvalue weighted by molar-refractivity contribution is 0.445. The quantitative estimate of drug-likeness (QED) is 0.797. The number of halogens is 1. The highest BCUT2D eigenvalue weighted by Gasteiger charge is 2.20. The van der Waals surface area contributed by atoms with Crippen molar-refractivity contribution in [3.8, 4) is 0 Å². The van der Waals surface area contributed by atoms with Gasteiger partial charge in [0.15, 0.2) is 0 Å². The van der Waals surface area contributed by atoms with E-state index in [1.54, 1.807) is 26.0 Å². The van der Waals surface area contributed by atoms with Crippen LogP contribution in [0.4, 0.5) is 4.39 Å². The molecule has 0 aliphatic heterocycles. The van der Waals surface area contributed by atoms with Gasteiger partial charge < -0.3 is 5.73 Å². The molecule has 1 atom stereocenters. The summed E-state index contributed by atoms with van der Waals surface area (Å²) in [4.78, 5) is 0. The van der Waals surface area contributed by atoms with Crippen molar-refractivity contribution in [1.29, 1.82) is 0 Å². The van der Waals surface area contributed by atoms with Crippen molar-refractivity contribution in [3.05, 3.63) is 35.1 Å². The SMILES string of the molecule is Cc1ccc(C(C)NS(=O)(=O)N(C)CCCN)cc1F. The Morgan fingerprint density at radius 2 is 2.10 bits per heavy atom. The van der Waals surface area contributed by atoms with Gasteiger partial charge in [-0.15, -0.1) is 0 Å². The first kappa shape index (κ1) is 17.0. The Kier molecular flexibility index (Phi) is 6.07. The summed E-state index contributed by atoms with van der Waals surface area (Å²) in [6.45, 7) is 4.12. The smallest absolute Gasteiger partial charge is 0.279 e. The zero-order valence-corrected chi connectivity index (χ0v) is 12.9. The molecule has 1 aromatic rings. The second-order valence-electron chi connectivity index (χ2n) is 4.82. The number of nitrogens with one attached hydrogen (secondary N) is 1. The van der Waals surface area contributed by atoms with Crippen molar-refractivity contribution in [3.63, 3.8) is 0 Å². The van der Waals surface area contributed by atoms with Gasteiger partial charge in [-0.3, -0.25) is 0 Å². The highest BCUT2D eigenvalue weighted by molar-refractivity contribution is 7.87. The fraction of sp³-hybridized carbons (Fsp3) is 0.538. The molecular weight excluding hydrogens is 281 g/mol. The lowest BCUT2D eigenvalue weighted by Gasteiger charge is -2.21. The van der Waals surface area contributed by atoms with E-state index >= 15 is 0 Å². The van der Waals surface area contributed by atoms with Gasteiger partial charge in [0.25, 0.3) is 10.2 Å². The predicted octanol–water partition coefficient (Wildman–Crippen LogP) is 1.31. The molecule has 0 saturated heterocycles. The fourth-order valence-electron chi connectivity index (χ4n) is 1.69. The Hall–Kier alpha value is -1.02. The summed E-state index contributed by atoms with van der Waals surface area (Å²) in [5.41, 5.74) is 6.48. The van der Waals surface area contributed by atoms with E-state index in [9.17, 15) is 12.8 Å². The molecule has 5 nitrogen and oxygen atoms in total. The Morgan fingerprint density at radius 3 is 2.65 bits per heavy atom. The molecule has 0 saturated carbocycles. The minimum absolute atomic E-state index is 0.343. The number of hydrogen-bond donors (Lipinski definition) is 2. The van der Waals surface area contributed by atoms with Crippen LogP contribution in [0.15, 0.2) is 18.2 Å². The largest absolute Gasteiger partial charge is 0.330 e. The molecule has 0 fully saturated rings. The molecule has 7 heteroatoms. The van der Waals surface area contributed by atoms with Crippen molar-refractivity contribution >= 4 is 10.2 Å². The Labute approximate surface area is 120 Å². The van der Waals surface area contributed by atoms with Crippen LogP contribution in [-0.2, 0) is 10.2 Å². The highest BCUT2D eigenvalue weighted by atomic mass is 32.2. The summed E-state index contributed by atoms with van der Waals surface area (Å²) < 4.78 is 41.3. The first-order chi connectivity index (χ1) is 9.27. The molecule has 0 amide bonds. The maximum Gasteiger partial charge on any atom is 0.279 e. The van der Waals surface area contributed by atoms with E-state index in [2.05, 4.69) is 4.72 Å². The van der Waals surface area contributed by atoms with Crippen LogP contribution in [0.2, 0.25) is 0 Å². The van der Waals surface area contributed by atoms with Gasteiger partial charge in [0.1, 0.15) is 5.82 Å². The molecule has 1 unspecified atom stereocenters. The third-order valence-electron chi connectivity index (χ3n) is 3.11. The maximum atomic E-state index is 13.5. The van der Waals surface area contributed by atoms with Gasteiger partial charge in [0, 0.05) is 19.6 Å². The van der Waals surface area contributed by atoms with Crippen LogP contribution in [0, 0.1) is 12.7 Å². The molecule has 0 heterocycles. The van der Waals surface area contributed by atoms with Crippen molar-refractivity contribution < 1.29 is 12.8 Å². The molecule has 0 aliphatic rings. The van der Waals surface area contributed by atoms with E-state index in [4.69, 9.17) is 5.73 Å². The first-order valence-corrected chi connectivity index (χ1v) is 7.91. The minimum Gasteiger partial charge on any atom is -0.330 e. The average molecular weight is 303 g/mol. The molecule has 1 aromatic carbocycles. The van der Waals surface area contributed by atoms with Gasteiger partial charge in [0.2, 0.25) is 0 Å². The van der Waals surface area contributed by atoms with E-state index in [0.717, 1.165) is 0 Å². The molecule has 114 valence electrons. The molecule has 0 aliphatic carbocycles. The van der Waals surface area contributed by atoms with E-state index in [0.29, 0.717) is 30.6 Å². The van der Waals surface area contributed by atoms with Crippen LogP contribution in [-0.4, -0.2) is 32.9 Å². The average Bonchev–Trinajstić information content (AvgIpc) is 2.38. The molecule has 0 aromatic heterocycles. The second kappa shape index (κ2) is 7.12. The monoisotopic (exact) mass is 303 g/mol. The van der Waals surface area contributed by atoms with Crippen LogP contribution in [0.25, 0.3) is 0 Å². The summed E-state index contributed by atoms with van der Waals surface area (Å²) in [5.74, 6) is -0.343. The molecule has 0 radical (unpaired) electrons. The summed E-state index contributed by atoms with van der Waals surface area (Å²) >= 11 is 0. The predicted molar refractivity (Wildman–Crippen MR) is 77.9 cm³/mol. The van der Waals surface area contributed by atoms with Crippen LogP contribution in [0.5, 0.6) is 0 Å². The zero-order chi connectivity index (χ0) is 15.3. The highest BCUT2D eigenvalue weighted by Crippen LogP contribution is 2.17. The third kappa shape index (κ3) is 4.52. The second-order valence-corrected chi connectivity index (χ2v) is 6.63. The molecule has 20 heavy (non-hydrogen) atoms. The Bertz CT molecular complexity index is 549. The van der Waals surface area contributed by atoms with Crippen molar-refractivity contribution in [2.45, 2.75) is 26.3 Å². The van der Waals surface area contributed by atoms with E-state index in [1.165, 1.54) is 17.4 Å². The van der Waals surface area contributed by atoms with Gasteiger partial charge in [-0.1, -0.05) is 12.1 Å². The van der Waals surface area contributed by atoms with Gasteiger partial charge in [-0.25, -0.2) is 4.39 Å². The van der Waals surface area contributed by atoms with E-state index in [1.807, 2.05) is 0 Å². The standard InChI is InChI=1S/C13H22FN3O2S/c1-10-5-6-12(9-13(10)14)11(2)16-20(18,19)17(3)8-4-7-15/h5-6,9,11,16H,4,7-8,15H2,1-3H3. The topological polar surface area (TPSA) is 75.4 Å². The third-order valence-corrected chi connectivity index (χ3v) is 4.76. The van der Waals surface area contributed by atoms with Crippen LogP contribution >= 0.6 is 0 Å². The molecule has 0 spiro atoms. The maximum absolute atomic E-state index is 13.5. The first-order valence-electron chi connectivity index (χ1n) is 6.47. The van der Waals surface area contributed by atoms with Crippen molar-refractivity contribution in [1.82, 2.24) is 9.03 Å². The van der Waals surface area contributed by atoms with Crippen molar-refractivity contribution in [2.75, 3.05) is 20.1 Å². The summed E-state index contributed by atoms with van der Waals surface area (Å²) in [6.07, 6.45) is 0.588. The van der Waals surface area contributed by atoms with Crippen LogP contribution in [0.3, 0.4) is 0 Å². The van der Waals surface area contributed by atoms with Crippen LogP contribution in [0.1, 0.15) is 30.5 Å². The van der Waals surface area contributed by atoms with E-state index in [-0.39, 0.29) is 5.82 Å². The number of rotatable bonds is 7. The number of nitrogens with zero attached hydrogens (tertiary/aromatic N) is 1. The zero-order valence-electron chi connectivity index (χ0n) is 12.1. The lowest BCUT2D eigenvalue weighted by atomic mass is 10.1. The minimum atomic E-state index is -3.60. The van der Waals surface area contributed by atoms with Crippen molar-refractivity contribution in [2.24, 2.45) is 5.73 Å². The molecule has 1 rings (SSSR count). The van der Waals surface area contributed by atoms with Gasteiger partial charge in [0.05, 0.1) is 0 Å². The summed E-state index contributed by atoms with van der Waals surface area (Å²) in [6, 6.07) is 4.19.